The van der Waals surface area contributed by atoms with Crippen molar-refractivity contribution in [3.05, 3.63) is 12.0 Å². The minimum Gasteiger partial charge on any atom is -0.662 e. The van der Waals surface area contributed by atoms with Gasteiger partial charge < -0.3 is 29.1 Å². The molecule has 0 aromatic rings. The zero-order chi connectivity index (χ0) is 12.1. The fourth-order valence-electron chi connectivity index (χ4n) is 1.33. The van der Waals surface area contributed by atoms with Crippen LogP contribution in [0.15, 0.2) is 0 Å². The summed E-state index contributed by atoms with van der Waals surface area (Å²) in [6, 6.07) is 0. The third kappa shape index (κ3) is 25.5. The molecule has 18 heavy (non-hydrogen) atoms. The fraction of sp³-hybridized carbons (Fsp3) is 0.900. The topological polar surface area (TPSA) is 38.2 Å². The standard InChI is InChI=1S/C9H20N3.CF3.ClH.Ti/c1-4-10-6-2-8-12-9-3-7-11-5-1;2-1(3)4;;/h10-11H,1-9H2;;1H;/q2*-1;;+2. The van der Waals surface area contributed by atoms with Crippen molar-refractivity contribution in [1.82, 2.24) is 10.6 Å². The summed E-state index contributed by atoms with van der Waals surface area (Å²) in [4.78, 5) is 0. The van der Waals surface area contributed by atoms with Crippen LogP contribution in [0.2, 0.25) is 0 Å². The first-order valence-corrected chi connectivity index (χ1v) is 5.61. The van der Waals surface area contributed by atoms with Gasteiger partial charge in [0.15, 0.2) is 6.68 Å². The summed E-state index contributed by atoms with van der Waals surface area (Å²) in [5, 5.41) is 11.2. The molecule has 0 unspecified atom stereocenters. The molecule has 8 heteroatoms. The van der Waals surface area contributed by atoms with Gasteiger partial charge in [0, 0.05) is 0 Å². The molecule has 0 spiro atoms. The molecular weight excluding hydrogens is 302 g/mol. The van der Waals surface area contributed by atoms with E-state index in [-0.39, 0.29) is 34.1 Å². The fourth-order valence-corrected chi connectivity index (χ4v) is 1.33. The second kappa shape index (κ2) is 20.0. The van der Waals surface area contributed by atoms with Crippen molar-refractivity contribution in [2.75, 3.05) is 39.3 Å². The molecule has 1 fully saturated rings. The van der Waals surface area contributed by atoms with Crippen molar-refractivity contribution in [3.8, 4) is 0 Å². The second-order valence-corrected chi connectivity index (χ2v) is 3.45. The second-order valence-electron chi connectivity index (χ2n) is 3.45. The summed E-state index contributed by atoms with van der Waals surface area (Å²) >= 11 is 0. The number of rotatable bonds is 0. The van der Waals surface area contributed by atoms with E-state index in [4.69, 9.17) is 0 Å². The molecule has 0 aromatic carbocycles. The van der Waals surface area contributed by atoms with Gasteiger partial charge in [0.05, 0.1) is 0 Å². The zero-order valence-corrected chi connectivity index (χ0v) is 12.7. The van der Waals surface area contributed by atoms with Gasteiger partial charge in [-0.15, -0.1) is 25.5 Å². The van der Waals surface area contributed by atoms with E-state index in [9.17, 15) is 13.2 Å². The van der Waals surface area contributed by atoms with Gasteiger partial charge in [-0.3, -0.25) is 0 Å². The Hall–Kier alpha value is 0.674. The number of nitrogens with zero attached hydrogens (tertiary/aromatic N) is 1. The van der Waals surface area contributed by atoms with Crippen LogP contribution in [0.25, 0.3) is 5.32 Å². The monoisotopic (exact) mass is 323 g/mol. The van der Waals surface area contributed by atoms with Crippen molar-refractivity contribution < 1.29 is 34.9 Å². The van der Waals surface area contributed by atoms with Crippen LogP contribution in [0.1, 0.15) is 19.3 Å². The van der Waals surface area contributed by atoms with E-state index in [0.717, 1.165) is 39.3 Å². The summed E-state index contributed by atoms with van der Waals surface area (Å²) in [6.07, 6.45) is 3.65. The first-order chi connectivity index (χ1) is 7.73. The van der Waals surface area contributed by atoms with Crippen molar-refractivity contribution in [2.45, 2.75) is 19.3 Å². The average Bonchev–Trinajstić information content (AvgIpc) is 2.17. The predicted molar refractivity (Wildman–Crippen MR) is 66.5 cm³/mol. The molecule has 1 rings (SSSR count). The molecule has 0 bridgehead atoms. The molecule has 0 amide bonds. The van der Waals surface area contributed by atoms with E-state index >= 15 is 0 Å². The van der Waals surface area contributed by atoms with Crippen molar-refractivity contribution in [1.29, 1.82) is 0 Å². The van der Waals surface area contributed by atoms with E-state index < -0.39 is 6.68 Å². The first-order valence-electron chi connectivity index (χ1n) is 5.61. The Bertz CT molecular complexity index is 102. The van der Waals surface area contributed by atoms with Gasteiger partial charge in [0.2, 0.25) is 0 Å². The molecule has 1 aliphatic heterocycles. The van der Waals surface area contributed by atoms with E-state index in [1.54, 1.807) is 0 Å². The maximum Gasteiger partial charge on any atom is 2.00 e. The Morgan fingerprint density at radius 3 is 1.50 bits per heavy atom. The van der Waals surface area contributed by atoms with Crippen LogP contribution in [0.4, 0.5) is 13.2 Å². The predicted octanol–water partition coefficient (Wildman–Crippen LogP) is 2.48. The Morgan fingerprint density at radius 1 is 0.778 bits per heavy atom. The van der Waals surface area contributed by atoms with Crippen LogP contribution < -0.4 is 10.6 Å². The van der Waals surface area contributed by atoms with E-state index in [2.05, 4.69) is 16.0 Å². The number of nitrogens with one attached hydrogen (secondary N) is 2. The average molecular weight is 324 g/mol. The van der Waals surface area contributed by atoms with E-state index in [1.165, 1.54) is 19.3 Å². The van der Waals surface area contributed by atoms with Crippen molar-refractivity contribution in [3.63, 3.8) is 0 Å². The summed E-state index contributed by atoms with van der Waals surface area (Å²) < 4.78 is 28.8. The molecule has 3 nitrogen and oxygen atoms in total. The minimum absolute atomic E-state index is 0. The maximum absolute atomic E-state index is 9.58. The van der Waals surface area contributed by atoms with Gasteiger partial charge in [0.25, 0.3) is 0 Å². The molecule has 1 aliphatic rings. The number of hydrogen-bond donors (Lipinski definition) is 2. The SMILES string of the molecule is C1C[N-]CCCNCCCNC1.Cl.F[C-](F)F.[Ti+2]. The Kier molecular flexibility index (Phi) is 26.4. The van der Waals surface area contributed by atoms with Crippen LogP contribution in [0.5, 0.6) is 0 Å². The van der Waals surface area contributed by atoms with Gasteiger partial charge in [-0.25, -0.2) is 0 Å². The van der Waals surface area contributed by atoms with Crippen LogP contribution in [-0.4, -0.2) is 39.3 Å². The molecule has 1 heterocycles. The van der Waals surface area contributed by atoms with Gasteiger partial charge in [-0.2, -0.15) is 0 Å². The van der Waals surface area contributed by atoms with Crippen LogP contribution in [0.3, 0.4) is 0 Å². The zero-order valence-electron chi connectivity index (χ0n) is 10.4. The van der Waals surface area contributed by atoms with Gasteiger partial charge >= 0.3 is 21.7 Å². The molecule has 0 aliphatic carbocycles. The smallest absolute Gasteiger partial charge is 0.662 e. The van der Waals surface area contributed by atoms with E-state index in [0.29, 0.717) is 0 Å². The Morgan fingerprint density at radius 2 is 1.11 bits per heavy atom. The molecule has 0 aromatic heterocycles. The number of halogens is 4. The molecular formula is C10H21ClF3N3Ti. The quantitative estimate of drug-likeness (QED) is 0.531. The molecule has 0 radical (unpaired) electrons. The van der Waals surface area contributed by atoms with Gasteiger partial charge in [0.1, 0.15) is 0 Å². The van der Waals surface area contributed by atoms with Crippen LogP contribution >= 0.6 is 12.4 Å². The largest absolute Gasteiger partial charge is 2.00 e. The summed E-state index contributed by atoms with van der Waals surface area (Å²) in [5.74, 6) is 0. The molecule has 108 valence electrons. The Labute approximate surface area is 128 Å². The Balaban J connectivity index is -0.000000332. The first kappa shape index (κ1) is 23.7. The number of hydrogen-bond acceptors (Lipinski definition) is 2. The van der Waals surface area contributed by atoms with E-state index in [1.807, 2.05) is 0 Å². The molecule has 0 saturated carbocycles. The third-order valence-corrected chi connectivity index (χ3v) is 2.05. The molecule has 2 N–H and O–H groups in total. The van der Waals surface area contributed by atoms with Gasteiger partial charge in [-0.1, -0.05) is 12.8 Å². The van der Waals surface area contributed by atoms with Crippen LogP contribution in [0, 0.1) is 6.68 Å². The summed E-state index contributed by atoms with van der Waals surface area (Å²) in [6.45, 7) is 3.53. The van der Waals surface area contributed by atoms with Crippen molar-refractivity contribution >= 4 is 12.4 Å². The van der Waals surface area contributed by atoms with Gasteiger partial charge in [-0.05, 0) is 32.6 Å². The summed E-state index contributed by atoms with van der Waals surface area (Å²) in [7, 11) is 0. The van der Waals surface area contributed by atoms with Crippen LogP contribution in [-0.2, 0) is 21.7 Å². The molecule has 1 saturated heterocycles. The minimum atomic E-state index is -3.08. The summed E-state index contributed by atoms with van der Waals surface area (Å²) in [5.41, 5.74) is 0. The van der Waals surface area contributed by atoms with Crippen molar-refractivity contribution in [2.24, 2.45) is 0 Å². The third-order valence-electron chi connectivity index (χ3n) is 2.05. The maximum atomic E-state index is 9.58. The normalized spacial score (nSPS) is 18.0. The molecule has 0 atom stereocenters.